The maximum absolute atomic E-state index is 12.3. The first kappa shape index (κ1) is 36.4. The highest BCUT2D eigenvalue weighted by Crippen LogP contribution is 2.15. The average Bonchev–Trinajstić information content (AvgIpc) is 2.90. The zero-order chi connectivity index (χ0) is 27.4. The second kappa shape index (κ2) is 28.4. The van der Waals surface area contributed by atoms with E-state index >= 15 is 0 Å². The molecule has 0 aromatic heterocycles. The van der Waals surface area contributed by atoms with Crippen molar-refractivity contribution >= 4 is 5.91 Å². The smallest absolute Gasteiger partial charge is 0.220 e. The second-order valence-corrected chi connectivity index (χ2v) is 11.4. The first-order chi connectivity index (χ1) is 18.1. The third-order valence-corrected chi connectivity index (χ3v) is 7.71. The van der Waals surface area contributed by atoms with Crippen molar-refractivity contribution in [3.8, 4) is 0 Å². The molecule has 37 heavy (non-hydrogen) atoms. The Balaban J connectivity index is 3.69. The Hall–Kier alpha value is -0.650. The number of hydrogen-bond acceptors (Lipinski definition) is 4. The van der Waals surface area contributed by atoms with Gasteiger partial charge in [-0.1, -0.05) is 155 Å². The van der Waals surface area contributed by atoms with Crippen LogP contribution in [0, 0.1) is 0 Å². The lowest BCUT2D eigenvalue weighted by molar-refractivity contribution is -0.124. The molecule has 3 atom stereocenters. The van der Waals surface area contributed by atoms with Crippen LogP contribution in [0.3, 0.4) is 0 Å². The second-order valence-electron chi connectivity index (χ2n) is 11.4. The Morgan fingerprint density at radius 1 is 0.568 bits per heavy atom. The van der Waals surface area contributed by atoms with Crippen LogP contribution in [0.25, 0.3) is 0 Å². The van der Waals surface area contributed by atoms with E-state index in [1.165, 1.54) is 109 Å². The van der Waals surface area contributed by atoms with Crippen LogP contribution in [0.15, 0.2) is 0 Å². The lowest BCUT2D eigenvalue weighted by atomic mass is 9.99. The van der Waals surface area contributed by atoms with Gasteiger partial charge in [0.05, 0.1) is 18.8 Å². The normalized spacial score (nSPS) is 14.0. The van der Waals surface area contributed by atoms with Crippen LogP contribution >= 0.6 is 0 Å². The van der Waals surface area contributed by atoms with Crippen LogP contribution in [-0.2, 0) is 4.79 Å². The van der Waals surface area contributed by atoms with Crippen molar-refractivity contribution in [1.29, 1.82) is 0 Å². The van der Waals surface area contributed by atoms with E-state index in [0.29, 0.717) is 12.8 Å². The summed E-state index contributed by atoms with van der Waals surface area (Å²) in [6.07, 6.45) is 27.6. The van der Waals surface area contributed by atoms with Crippen molar-refractivity contribution in [3.05, 3.63) is 0 Å². The summed E-state index contributed by atoms with van der Waals surface area (Å²) in [4.78, 5) is 12.3. The standard InChI is InChI=1S/C32H65NO4/c1-3-5-7-9-11-13-14-15-16-17-19-21-23-25-27-31(36)33-29(28-34)32(37)30(35)26-24-22-20-18-12-10-8-6-4-2/h29-30,32,34-35,37H,3-28H2,1-2H3,(H,33,36)/t29-,30+,32-/m0/s1. The molecule has 0 unspecified atom stereocenters. The Morgan fingerprint density at radius 3 is 1.30 bits per heavy atom. The zero-order valence-corrected chi connectivity index (χ0v) is 24.9. The van der Waals surface area contributed by atoms with Gasteiger partial charge in [0.1, 0.15) is 6.10 Å². The van der Waals surface area contributed by atoms with Crippen molar-refractivity contribution in [2.24, 2.45) is 0 Å². The van der Waals surface area contributed by atoms with Gasteiger partial charge in [-0.25, -0.2) is 0 Å². The SMILES string of the molecule is CCCCCCCCCCCCCCCCC(=O)N[C@@H](CO)[C@H](O)[C@H](O)CCCCCCCCCCC. The summed E-state index contributed by atoms with van der Waals surface area (Å²) in [7, 11) is 0. The van der Waals surface area contributed by atoms with Crippen LogP contribution in [0.1, 0.15) is 174 Å². The third kappa shape index (κ3) is 24.1. The molecule has 5 nitrogen and oxygen atoms in total. The molecule has 0 aromatic carbocycles. The zero-order valence-electron chi connectivity index (χ0n) is 24.9. The molecule has 0 rings (SSSR count). The van der Waals surface area contributed by atoms with Crippen molar-refractivity contribution in [2.75, 3.05) is 6.61 Å². The van der Waals surface area contributed by atoms with E-state index in [9.17, 15) is 20.1 Å². The fraction of sp³-hybridized carbons (Fsp3) is 0.969. The maximum Gasteiger partial charge on any atom is 0.220 e. The fourth-order valence-electron chi connectivity index (χ4n) is 5.10. The molecule has 0 aliphatic heterocycles. The van der Waals surface area contributed by atoms with E-state index in [0.717, 1.165) is 38.5 Å². The van der Waals surface area contributed by atoms with Crippen LogP contribution in [0.5, 0.6) is 0 Å². The van der Waals surface area contributed by atoms with Gasteiger partial charge in [0.2, 0.25) is 5.91 Å². The summed E-state index contributed by atoms with van der Waals surface area (Å²) in [5, 5.41) is 33.1. The van der Waals surface area contributed by atoms with Gasteiger partial charge >= 0.3 is 0 Å². The number of carbonyl (C=O) groups excluding carboxylic acids is 1. The summed E-state index contributed by atoms with van der Waals surface area (Å²) in [5.41, 5.74) is 0. The van der Waals surface area contributed by atoms with E-state index in [2.05, 4.69) is 19.2 Å². The van der Waals surface area contributed by atoms with E-state index in [1.807, 2.05) is 0 Å². The quantitative estimate of drug-likeness (QED) is 0.0742. The van der Waals surface area contributed by atoms with E-state index in [4.69, 9.17) is 0 Å². The summed E-state index contributed by atoms with van der Waals surface area (Å²) in [5.74, 6) is -0.146. The number of aliphatic hydroxyl groups is 3. The monoisotopic (exact) mass is 527 g/mol. The largest absolute Gasteiger partial charge is 0.394 e. The predicted molar refractivity (Wildman–Crippen MR) is 158 cm³/mol. The maximum atomic E-state index is 12.3. The molecule has 0 spiro atoms. The minimum absolute atomic E-state index is 0.146. The molecule has 1 amide bonds. The number of amides is 1. The number of rotatable bonds is 29. The van der Waals surface area contributed by atoms with Crippen molar-refractivity contribution in [3.63, 3.8) is 0 Å². The first-order valence-corrected chi connectivity index (χ1v) is 16.3. The van der Waals surface area contributed by atoms with E-state index in [-0.39, 0.29) is 12.5 Å². The molecule has 0 aromatic rings. The van der Waals surface area contributed by atoms with Crippen LogP contribution in [-0.4, -0.2) is 46.1 Å². The molecule has 0 bridgehead atoms. The van der Waals surface area contributed by atoms with Crippen LogP contribution in [0.4, 0.5) is 0 Å². The van der Waals surface area contributed by atoms with E-state index in [1.54, 1.807) is 0 Å². The van der Waals surface area contributed by atoms with Gasteiger partial charge in [0.25, 0.3) is 0 Å². The number of carbonyl (C=O) groups is 1. The summed E-state index contributed by atoms with van der Waals surface area (Å²) in [6, 6.07) is -0.798. The first-order valence-electron chi connectivity index (χ1n) is 16.3. The summed E-state index contributed by atoms with van der Waals surface area (Å²) < 4.78 is 0. The molecule has 0 saturated heterocycles. The van der Waals surface area contributed by atoms with Crippen molar-refractivity contribution < 1.29 is 20.1 Å². The van der Waals surface area contributed by atoms with E-state index < -0.39 is 18.2 Å². The van der Waals surface area contributed by atoms with Gasteiger partial charge in [0.15, 0.2) is 0 Å². The van der Waals surface area contributed by atoms with Gasteiger partial charge in [-0.3, -0.25) is 4.79 Å². The third-order valence-electron chi connectivity index (χ3n) is 7.71. The molecule has 222 valence electrons. The number of aliphatic hydroxyl groups excluding tert-OH is 3. The topological polar surface area (TPSA) is 89.8 Å². The van der Waals surface area contributed by atoms with Crippen molar-refractivity contribution in [1.82, 2.24) is 5.32 Å². The molecule has 0 radical (unpaired) electrons. The van der Waals surface area contributed by atoms with Gasteiger partial charge < -0.3 is 20.6 Å². The molecule has 0 aliphatic carbocycles. The van der Waals surface area contributed by atoms with Gasteiger partial charge in [0, 0.05) is 6.42 Å². The number of unbranched alkanes of at least 4 members (excludes halogenated alkanes) is 21. The summed E-state index contributed by atoms with van der Waals surface area (Å²) >= 11 is 0. The van der Waals surface area contributed by atoms with Crippen molar-refractivity contribution in [2.45, 2.75) is 193 Å². The Bertz CT molecular complexity index is 474. The average molecular weight is 528 g/mol. The van der Waals surface area contributed by atoms with Gasteiger partial charge in [-0.05, 0) is 12.8 Å². The molecule has 0 fully saturated rings. The minimum atomic E-state index is -1.13. The number of nitrogens with one attached hydrogen (secondary N) is 1. The summed E-state index contributed by atoms with van der Waals surface area (Å²) in [6.45, 7) is 4.13. The molecule has 0 heterocycles. The lowest BCUT2D eigenvalue weighted by Crippen LogP contribution is -2.50. The van der Waals surface area contributed by atoms with Gasteiger partial charge in [-0.15, -0.1) is 0 Å². The predicted octanol–water partition coefficient (Wildman–Crippen LogP) is 7.98. The minimum Gasteiger partial charge on any atom is -0.394 e. The molecular weight excluding hydrogens is 462 g/mol. The van der Waals surface area contributed by atoms with Crippen LogP contribution in [0.2, 0.25) is 0 Å². The Morgan fingerprint density at radius 2 is 0.919 bits per heavy atom. The highest BCUT2D eigenvalue weighted by molar-refractivity contribution is 5.76. The number of hydrogen-bond donors (Lipinski definition) is 4. The molecular formula is C32H65NO4. The molecule has 4 N–H and O–H groups in total. The lowest BCUT2D eigenvalue weighted by Gasteiger charge is -2.26. The highest BCUT2D eigenvalue weighted by atomic mass is 16.3. The van der Waals surface area contributed by atoms with Crippen LogP contribution < -0.4 is 5.32 Å². The molecule has 0 saturated carbocycles. The highest BCUT2D eigenvalue weighted by Gasteiger charge is 2.26. The van der Waals surface area contributed by atoms with Gasteiger partial charge in [-0.2, -0.15) is 0 Å². The molecule has 5 heteroatoms. The Labute approximate surface area is 230 Å². The Kier molecular flexibility index (Phi) is 27.9. The fourth-order valence-corrected chi connectivity index (χ4v) is 5.10. The molecule has 0 aliphatic rings.